The number of anilines is 1. The topological polar surface area (TPSA) is 51.0 Å². The molecule has 3 aromatic rings. The Morgan fingerprint density at radius 1 is 1.28 bits per heavy atom. The molecular formula is C19H21BrN4O. The van der Waals surface area contributed by atoms with Crippen molar-refractivity contribution in [3.63, 3.8) is 0 Å². The fraction of sp³-hybridized carbons (Fsp3) is 0.316. The van der Waals surface area contributed by atoms with Crippen LogP contribution in [0.25, 0.3) is 11.0 Å². The lowest BCUT2D eigenvalue weighted by Gasteiger charge is -2.18. The van der Waals surface area contributed by atoms with Gasteiger partial charge in [-0.1, -0.05) is 29.8 Å². The Balaban J connectivity index is 1.90. The first-order valence-electron chi connectivity index (χ1n) is 8.22. The summed E-state index contributed by atoms with van der Waals surface area (Å²) in [5.74, 6) is 0.394. The molecule has 0 bridgehead atoms. The number of amides is 1. The Morgan fingerprint density at radius 2 is 2.04 bits per heavy atom. The van der Waals surface area contributed by atoms with E-state index >= 15 is 0 Å². The number of pyridine rings is 1. The van der Waals surface area contributed by atoms with Crippen molar-refractivity contribution in [2.24, 2.45) is 5.92 Å². The molecule has 3 rings (SSSR count). The molecule has 0 unspecified atom stereocenters. The lowest BCUT2D eigenvalue weighted by molar-refractivity contribution is 0.0993. The predicted molar refractivity (Wildman–Crippen MR) is 104 cm³/mol. The van der Waals surface area contributed by atoms with Crippen LogP contribution in [0.2, 0.25) is 0 Å². The highest BCUT2D eigenvalue weighted by molar-refractivity contribution is 9.10. The molecule has 2 aromatic heterocycles. The van der Waals surface area contributed by atoms with E-state index in [-0.39, 0.29) is 5.91 Å². The molecule has 0 spiro atoms. The van der Waals surface area contributed by atoms with Gasteiger partial charge in [-0.15, -0.1) is 0 Å². The van der Waals surface area contributed by atoms with Crippen molar-refractivity contribution in [3.8, 4) is 0 Å². The van der Waals surface area contributed by atoms with Crippen molar-refractivity contribution in [3.05, 3.63) is 52.3 Å². The van der Waals surface area contributed by atoms with Gasteiger partial charge in [0.2, 0.25) is 0 Å². The zero-order chi connectivity index (χ0) is 18.1. The van der Waals surface area contributed by atoms with Crippen molar-refractivity contribution in [2.45, 2.75) is 27.3 Å². The first kappa shape index (κ1) is 17.6. The van der Waals surface area contributed by atoms with Crippen molar-refractivity contribution in [1.29, 1.82) is 0 Å². The van der Waals surface area contributed by atoms with Crippen LogP contribution in [0, 0.1) is 12.8 Å². The highest BCUT2D eigenvalue weighted by Gasteiger charge is 2.16. The second-order valence-corrected chi connectivity index (χ2v) is 7.51. The van der Waals surface area contributed by atoms with E-state index in [4.69, 9.17) is 0 Å². The van der Waals surface area contributed by atoms with Gasteiger partial charge in [0.1, 0.15) is 0 Å². The molecule has 5 nitrogen and oxygen atoms in total. The maximum atomic E-state index is 12.8. The van der Waals surface area contributed by atoms with E-state index in [0.717, 1.165) is 33.3 Å². The summed E-state index contributed by atoms with van der Waals surface area (Å²) < 4.78 is 2.91. The molecule has 0 atom stereocenters. The maximum absolute atomic E-state index is 12.8. The molecule has 1 aromatic carbocycles. The molecule has 0 saturated heterocycles. The number of aryl methyl sites for hydroxylation is 1. The molecule has 2 heterocycles. The number of benzene rings is 1. The minimum Gasteiger partial charge on any atom is -0.311 e. The molecule has 0 fully saturated rings. The van der Waals surface area contributed by atoms with E-state index in [1.165, 1.54) is 0 Å². The Morgan fingerprint density at radius 3 is 2.72 bits per heavy atom. The van der Waals surface area contributed by atoms with Gasteiger partial charge < -0.3 is 4.90 Å². The SMILES string of the molecule is Cc1cc(N(C)C(=O)c2cnc3c(cnn3CC(C)C)c2)ccc1Br. The lowest BCUT2D eigenvalue weighted by atomic mass is 10.1. The van der Waals surface area contributed by atoms with E-state index in [0.29, 0.717) is 11.5 Å². The smallest absolute Gasteiger partial charge is 0.259 e. The Hall–Kier alpha value is -2.21. The van der Waals surface area contributed by atoms with E-state index in [1.54, 1.807) is 24.3 Å². The summed E-state index contributed by atoms with van der Waals surface area (Å²) >= 11 is 3.48. The van der Waals surface area contributed by atoms with Gasteiger partial charge in [0.05, 0.1) is 11.8 Å². The predicted octanol–water partition coefficient (Wildman–Crippen LogP) is 4.43. The fourth-order valence-electron chi connectivity index (χ4n) is 2.72. The highest BCUT2D eigenvalue weighted by Crippen LogP contribution is 2.24. The lowest BCUT2D eigenvalue weighted by Crippen LogP contribution is -2.26. The van der Waals surface area contributed by atoms with Crippen molar-refractivity contribution in [1.82, 2.24) is 14.8 Å². The summed E-state index contributed by atoms with van der Waals surface area (Å²) in [7, 11) is 1.78. The molecule has 130 valence electrons. The number of fused-ring (bicyclic) bond motifs is 1. The second kappa shape index (κ2) is 6.96. The summed E-state index contributed by atoms with van der Waals surface area (Å²) in [4.78, 5) is 18.9. The molecule has 25 heavy (non-hydrogen) atoms. The van der Waals surface area contributed by atoms with Crippen molar-refractivity contribution in [2.75, 3.05) is 11.9 Å². The molecule has 0 saturated carbocycles. The van der Waals surface area contributed by atoms with Gasteiger partial charge in [-0.2, -0.15) is 5.10 Å². The molecule has 0 radical (unpaired) electrons. The average Bonchev–Trinajstić information content (AvgIpc) is 2.97. The van der Waals surface area contributed by atoms with Crippen LogP contribution in [0.15, 0.2) is 41.1 Å². The second-order valence-electron chi connectivity index (χ2n) is 6.66. The minimum absolute atomic E-state index is 0.0901. The summed E-state index contributed by atoms with van der Waals surface area (Å²) in [5, 5.41) is 5.27. The zero-order valence-electron chi connectivity index (χ0n) is 14.8. The van der Waals surface area contributed by atoms with Crippen LogP contribution in [0.1, 0.15) is 29.8 Å². The van der Waals surface area contributed by atoms with Gasteiger partial charge in [-0.05, 0) is 42.7 Å². The molecule has 0 aliphatic rings. The van der Waals surface area contributed by atoms with Crippen LogP contribution < -0.4 is 4.90 Å². The molecular weight excluding hydrogens is 380 g/mol. The summed E-state index contributed by atoms with van der Waals surface area (Å²) in [6.45, 7) is 7.09. The van der Waals surface area contributed by atoms with Crippen LogP contribution >= 0.6 is 15.9 Å². The third-order valence-corrected chi connectivity index (χ3v) is 4.98. The number of hydrogen-bond donors (Lipinski definition) is 0. The van der Waals surface area contributed by atoms with E-state index < -0.39 is 0 Å². The van der Waals surface area contributed by atoms with Crippen LogP contribution in [-0.4, -0.2) is 27.7 Å². The van der Waals surface area contributed by atoms with Crippen LogP contribution in [0.5, 0.6) is 0 Å². The fourth-order valence-corrected chi connectivity index (χ4v) is 2.96. The first-order chi connectivity index (χ1) is 11.9. The first-order valence-corrected chi connectivity index (χ1v) is 9.02. The molecule has 0 N–H and O–H groups in total. The van der Waals surface area contributed by atoms with E-state index in [9.17, 15) is 4.79 Å². The molecule has 1 amide bonds. The molecule has 0 aliphatic heterocycles. The molecule has 0 aliphatic carbocycles. The normalized spacial score (nSPS) is 11.3. The maximum Gasteiger partial charge on any atom is 0.259 e. The van der Waals surface area contributed by atoms with E-state index in [2.05, 4.69) is 39.9 Å². The Bertz CT molecular complexity index is 932. The number of carbonyl (C=O) groups is 1. The van der Waals surface area contributed by atoms with Crippen LogP contribution in [0.3, 0.4) is 0 Å². The largest absolute Gasteiger partial charge is 0.311 e. The number of aromatic nitrogens is 3. The van der Waals surface area contributed by atoms with E-state index in [1.807, 2.05) is 35.9 Å². The monoisotopic (exact) mass is 400 g/mol. The van der Waals surface area contributed by atoms with Gasteiger partial charge in [-0.25, -0.2) is 9.67 Å². The summed E-state index contributed by atoms with van der Waals surface area (Å²) in [6.07, 6.45) is 3.40. The van der Waals surface area contributed by atoms with Crippen LogP contribution in [0.4, 0.5) is 5.69 Å². The quantitative estimate of drug-likeness (QED) is 0.650. The third-order valence-electron chi connectivity index (χ3n) is 4.09. The van der Waals surface area contributed by atoms with Crippen molar-refractivity contribution < 1.29 is 4.79 Å². The van der Waals surface area contributed by atoms with Gasteiger partial charge in [-0.3, -0.25) is 4.79 Å². The standard InChI is InChI=1S/C19H21BrN4O/c1-12(2)11-24-18-14(10-22-24)8-15(9-21-18)19(25)23(4)16-5-6-17(20)13(3)7-16/h5-10,12H,11H2,1-4H3. The number of rotatable bonds is 4. The van der Waals surface area contributed by atoms with Gasteiger partial charge >= 0.3 is 0 Å². The third kappa shape index (κ3) is 3.58. The average molecular weight is 401 g/mol. The molecule has 6 heteroatoms. The Labute approximate surface area is 155 Å². The number of nitrogens with zero attached hydrogens (tertiary/aromatic N) is 4. The van der Waals surface area contributed by atoms with Gasteiger partial charge in [0.15, 0.2) is 5.65 Å². The summed E-state index contributed by atoms with van der Waals surface area (Å²) in [6, 6.07) is 7.71. The summed E-state index contributed by atoms with van der Waals surface area (Å²) in [5.41, 5.74) is 3.30. The van der Waals surface area contributed by atoms with Gasteiger partial charge in [0, 0.05) is 35.3 Å². The Kier molecular flexibility index (Phi) is 4.90. The zero-order valence-corrected chi connectivity index (χ0v) is 16.4. The number of hydrogen-bond acceptors (Lipinski definition) is 3. The van der Waals surface area contributed by atoms with Gasteiger partial charge in [0.25, 0.3) is 5.91 Å². The van der Waals surface area contributed by atoms with Crippen LogP contribution in [-0.2, 0) is 6.54 Å². The van der Waals surface area contributed by atoms with Crippen molar-refractivity contribution >= 4 is 38.6 Å². The minimum atomic E-state index is -0.0901. The number of halogens is 1. The number of carbonyl (C=O) groups excluding carboxylic acids is 1. The highest BCUT2D eigenvalue weighted by atomic mass is 79.9.